The number of aromatic nitrogens is 1. The van der Waals surface area contributed by atoms with E-state index in [0.717, 1.165) is 36.1 Å². The average Bonchev–Trinajstić information content (AvgIpc) is 2.70. The second-order valence-corrected chi connectivity index (χ2v) is 7.69. The molecule has 27 heavy (non-hydrogen) atoms. The molecule has 0 aliphatic heterocycles. The van der Waals surface area contributed by atoms with Crippen LogP contribution in [-0.2, 0) is 11.2 Å². The summed E-state index contributed by atoms with van der Waals surface area (Å²) in [6.45, 7) is 1.32. The Labute approximate surface area is 169 Å². The fraction of sp³-hybridized carbons (Fsp3) is 0.429. The number of halogens is 3. The van der Waals surface area contributed by atoms with Crippen molar-refractivity contribution in [2.45, 2.75) is 43.5 Å². The number of hydrogen-bond acceptors (Lipinski definition) is 3. The quantitative estimate of drug-likeness (QED) is 0.527. The number of pyridine rings is 1. The molecular weight excluding hydrogens is 388 g/mol. The van der Waals surface area contributed by atoms with Gasteiger partial charge in [-0.25, -0.2) is 0 Å². The molecular formula is C21H24Cl2FNO2. The van der Waals surface area contributed by atoms with Gasteiger partial charge in [0, 0.05) is 29.8 Å². The molecule has 1 heterocycles. The Morgan fingerprint density at radius 2 is 1.81 bits per heavy atom. The first-order chi connectivity index (χ1) is 13.0. The van der Waals surface area contributed by atoms with Crippen LogP contribution in [0.1, 0.15) is 43.5 Å². The molecule has 3 nitrogen and oxygen atoms in total. The molecule has 0 aliphatic carbocycles. The molecule has 0 radical (unpaired) electrons. The first-order valence-corrected chi connectivity index (χ1v) is 9.93. The third kappa shape index (κ3) is 6.27. The third-order valence-corrected chi connectivity index (χ3v) is 5.04. The van der Waals surface area contributed by atoms with E-state index in [0.29, 0.717) is 5.56 Å². The predicted octanol–water partition coefficient (Wildman–Crippen LogP) is 5.47. The summed E-state index contributed by atoms with van der Waals surface area (Å²) < 4.78 is 13.3. The molecule has 2 rings (SSSR count). The molecule has 0 saturated heterocycles. The Morgan fingerprint density at radius 1 is 1.15 bits per heavy atom. The summed E-state index contributed by atoms with van der Waals surface area (Å²) in [6, 6.07) is 11.2. The van der Waals surface area contributed by atoms with Crippen molar-refractivity contribution in [3.63, 3.8) is 0 Å². The first kappa shape index (κ1) is 21.8. The maximum atomic E-state index is 13.3. The van der Waals surface area contributed by atoms with Crippen molar-refractivity contribution >= 4 is 29.0 Å². The lowest BCUT2D eigenvalue weighted by Crippen LogP contribution is -2.21. The van der Waals surface area contributed by atoms with E-state index in [2.05, 4.69) is 11.9 Å². The van der Waals surface area contributed by atoms with Gasteiger partial charge in [-0.2, -0.15) is 0 Å². The molecule has 0 aliphatic rings. The average molecular weight is 412 g/mol. The van der Waals surface area contributed by atoms with Gasteiger partial charge in [-0.15, -0.1) is 0 Å². The number of rotatable bonds is 10. The summed E-state index contributed by atoms with van der Waals surface area (Å²) in [5, 5.41) is 10.4. The highest BCUT2D eigenvalue weighted by Crippen LogP contribution is 2.29. The number of unbranched alkanes of at least 4 members (excludes halogenated alkanes) is 1. The van der Waals surface area contributed by atoms with Crippen molar-refractivity contribution in [1.29, 1.82) is 0 Å². The monoisotopic (exact) mass is 411 g/mol. The van der Waals surface area contributed by atoms with Gasteiger partial charge in [-0.1, -0.05) is 66.9 Å². The smallest absolute Gasteiger partial charge is 0.166 e. The van der Waals surface area contributed by atoms with E-state index >= 15 is 0 Å². The highest BCUT2D eigenvalue weighted by molar-refractivity contribution is 6.53. The Morgan fingerprint density at radius 3 is 2.33 bits per heavy atom. The molecule has 6 heteroatoms. The van der Waals surface area contributed by atoms with Crippen LogP contribution in [0, 0.1) is 5.92 Å². The Kier molecular flexibility index (Phi) is 8.68. The van der Waals surface area contributed by atoms with E-state index in [1.54, 1.807) is 12.1 Å². The van der Waals surface area contributed by atoms with Gasteiger partial charge in [-0.05, 0) is 30.0 Å². The number of ketones is 1. The van der Waals surface area contributed by atoms with Crippen LogP contribution >= 0.6 is 23.2 Å². The Balaban J connectivity index is 2.08. The maximum absolute atomic E-state index is 13.3. The number of benzene rings is 1. The lowest BCUT2D eigenvalue weighted by molar-refractivity contribution is -0.119. The second-order valence-electron chi connectivity index (χ2n) is 6.59. The van der Waals surface area contributed by atoms with Crippen LogP contribution in [0.2, 0.25) is 0 Å². The minimum Gasteiger partial charge on any atom is -0.388 e. The molecule has 0 saturated carbocycles. The molecule has 0 unspecified atom stereocenters. The van der Waals surface area contributed by atoms with Crippen LogP contribution < -0.4 is 0 Å². The van der Waals surface area contributed by atoms with Crippen molar-refractivity contribution in [2.24, 2.45) is 5.92 Å². The van der Waals surface area contributed by atoms with Crippen molar-refractivity contribution in [1.82, 2.24) is 4.98 Å². The SMILES string of the molecule is CCCCc1ccc(-c2ccc([C@@H](O)[C@@H](CF)CC(=O)C(Cl)Cl)cc2)cn1. The number of aryl methyl sites for hydroxylation is 1. The number of alkyl halides is 3. The summed E-state index contributed by atoms with van der Waals surface area (Å²) in [5.41, 5.74) is 3.54. The molecule has 0 fully saturated rings. The van der Waals surface area contributed by atoms with Crippen LogP contribution in [0.3, 0.4) is 0 Å². The molecule has 1 aromatic carbocycles. The zero-order valence-electron chi connectivity index (χ0n) is 15.2. The standard InChI is InChI=1S/C21H24Cl2FNO2/c1-2-3-4-18-10-9-16(13-25-18)14-5-7-15(8-6-14)20(27)17(12-24)11-19(26)21(22)23/h5-10,13,17,20-21,27H,2-4,11-12H2,1H3/t17-,20-/m1/s1. The fourth-order valence-corrected chi connectivity index (χ4v) is 3.02. The first-order valence-electron chi connectivity index (χ1n) is 9.06. The van der Waals surface area contributed by atoms with Crippen molar-refractivity contribution in [3.05, 3.63) is 53.9 Å². The summed E-state index contributed by atoms with van der Waals surface area (Å²) in [7, 11) is 0. The Bertz CT molecular complexity index is 720. The molecule has 146 valence electrons. The van der Waals surface area contributed by atoms with Gasteiger partial charge in [0.15, 0.2) is 10.6 Å². The van der Waals surface area contributed by atoms with Gasteiger partial charge >= 0.3 is 0 Å². The number of aliphatic hydroxyl groups is 1. The van der Waals surface area contributed by atoms with E-state index < -0.39 is 29.3 Å². The van der Waals surface area contributed by atoms with Gasteiger partial charge in [0.2, 0.25) is 0 Å². The highest BCUT2D eigenvalue weighted by atomic mass is 35.5. The third-order valence-electron chi connectivity index (χ3n) is 4.55. The van der Waals surface area contributed by atoms with Gasteiger partial charge in [0.05, 0.1) is 12.8 Å². The number of aliphatic hydroxyl groups excluding tert-OH is 1. The summed E-state index contributed by atoms with van der Waals surface area (Å²) >= 11 is 11.0. The van der Waals surface area contributed by atoms with E-state index in [4.69, 9.17) is 23.2 Å². The van der Waals surface area contributed by atoms with E-state index in [-0.39, 0.29) is 6.42 Å². The van der Waals surface area contributed by atoms with Gasteiger partial charge in [0.1, 0.15) is 0 Å². The van der Waals surface area contributed by atoms with Crippen LogP contribution in [0.5, 0.6) is 0 Å². The zero-order valence-corrected chi connectivity index (χ0v) is 16.8. The van der Waals surface area contributed by atoms with Gasteiger partial charge < -0.3 is 5.11 Å². The van der Waals surface area contributed by atoms with Crippen molar-refractivity contribution in [2.75, 3.05) is 6.67 Å². The van der Waals surface area contributed by atoms with Crippen LogP contribution in [0.15, 0.2) is 42.6 Å². The number of nitrogens with zero attached hydrogens (tertiary/aromatic N) is 1. The molecule has 2 aromatic rings. The highest BCUT2D eigenvalue weighted by Gasteiger charge is 2.26. The molecule has 0 spiro atoms. The number of Topliss-reactive ketones (excluding diaryl/α,β-unsaturated/α-hetero) is 1. The van der Waals surface area contributed by atoms with Crippen molar-refractivity contribution in [3.8, 4) is 11.1 Å². The van der Waals surface area contributed by atoms with E-state index in [9.17, 15) is 14.3 Å². The van der Waals surface area contributed by atoms with Crippen molar-refractivity contribution < 1.29 is 14.3 Å². The van der Waals surface area contributed by atoms with Crippen LogP contribution in [-0.4, -0.2) is 27.4 Å². The molecule has 0 bridgehead atoms. The number of carbonyl (C=O) groups excluding carboxylic acids is 1. The van der Waals surface area contributed by atoms with E-state index in [1.807, 2.05) is 30.5 Å². The van der Waals surface area contributed by atoms with Gasteiger partial charge in [0.25, 0.3) is 0 Å². The van der Waals surface area contributed by atoms with Gasteiger partial charge in [-0.3, -0.25) is 14.2 Å². The Hall–Kier alpha value is -1.49. The summed E-state index contributed by atoms with van der Waals surface area (Å²) in [6.07, 6.45) is 3.74. The predicted molar refractivity (Wildman–Crippen MR) is 108 cm³/mol. The van der Waals surface area contributed by atoms with Crippen LogP contribution in [0.25, 0.3) is 11.1 Å². The molecule has 0 amide bonds. The maximum Gasteiger partial charge on any atom is 0.166 e. The second kappa shape index (κ2) is 10.7. The fourth-order valence-electron chi connectivity index (χ4n) is 2.84. The van der Waals surface area contributed by atoms with E-state index in [1.165, 1.54) is 0 Å². The number of hydrogen-bond donors (Lipinski definition) is 1. The minimum absolute atomic E-state index is 0.208. The molecule has 1 N–H and O–H groups in total. The topological polar surface area (TPSA) is 50.2 Å². The normalized spacial score (nSPS) is 13.6. The molecule has 1 aromatic heterocycles. The minimum atomic E-state index is -1.21. The molecule has 2 atom stereocenters. The largest absolute Gasteiger partial charge is 0.388 e. The van der Waals surface area contributed by atoms with Crippen LogP contribution in [0.4, 0.5) is 4.39 Å². The lowest BCUT2D eigenvalue weighted by Gasteiger charge is -2.20. The summed E-state index contributed by atoms with van der Waals surface area (Å²) in [4.78, 5) is 14.9. The lowest BCUT2D eigenvalue weighted by atomic mass is 9.91. The number of carbonyl (C=O) groups is 1. The summed E-state index contributed by atoms with van der Waals surface area (Å²) in [5.74, 6) is -1.37. The zero-order chi connectivity index (χ0) is 19.8.